The molecule has 2 N–H and O–H groups in total. The van der Waals surface area contributed by atoms with E-state index in [1.165, 1.54) is 0 Å². The molecule has 0 aromatic carbocycles. The number of hydrogen-bond donors (Lipinski definition) is 2. The Morgan fingerprint density at radius 2 is 2.27 bits per heavy atom. The topological polar surface area (TPSA) is 58.6 Å². The molecular weight excluding hydrogens is 194 g/mol. The van der Waals surface area contributed by atoms with Crippen molar-refractivity contribution >= 4 is 5.91 Å². The summed E-state index contributed by atoms with van der Waals surface area (Å²) in [5.74, 6) is 0.157. The number of carbonyl (C=O) groups is 1. The lowest BCUT2D eigenvalue weighted by Crippen LogP contribution is -2.47. The van der Waals surface area contributed by atoms with Crippen molar-refractivity contribution in [2.45, 2.75) is 45.3 Å². The van der Waals surface area contributed by atoms with Gasteiger partial charge in [0.2, 0.25) is 5.91 Å². The van der Waals surface area contributed by atoms with E-state index in [1.54, 1.807) is 0 Å². The summed E-state index contributed by atoms with van der Waals surface area (Å²) >= 11 is 0. The van der Waals surface area contributed by atoms with E-state index >= 15 is 0 Å². The molecule has 2 atom stereocenters. The number of nitrogens with one attached hydrogen (secondary N) is 1. The number of rotatable bonds is 4. The maximum atomic E-state index is 11.7. The Kier molecular flexibility index (Phi) is 5.05. The molecule has 0 aliphatic carbocycles. The average molecular weight is 215 g/mol. The molecule has 1 heterocycles. The van der Waals surface area contributed by atoms with Gasteiger partial charge in [-0.15, -0.1) is 0 Å². The zero-order valence-electron chi connectivity index (χ0n) is 9.53. The molecule has 0 saturated carbocycles. The van der Waals surface area contributed by atoms with Crippen LogP contribution in [0.3, 0.4) is 0 Å². The molecular formula is C11H21NO3. The van der Waals surface area contributed by atoms with Gasteiger partial charge in [0.15, 0.2) is 0 Å². The molecule has 1 saturated heterocycles. The van der Waals surface area contributed by atoms with Gasteiger partial charge in [-0.05, 0) is 25.2 Å². The standard InChI is InChI=1S/C11H21NO3/c1-8(2)9(7-13)12-11(14)10-5-3-4-6-15-10/h8-10,13H,3-7H2,1-2H3,(H,12,14)/t9-,10?/m1/s1. The zero-order chi connectivity index (χ0) is 11.3. The normalized spacial score (nSPS) is 23.9. The first-order chi connectivity index (χ1) is 7.15. The van der Waals surface area contributed by atoms with Crippen molar-refractivity contribution in [3.05, 3.63) is 0 Å². The van der Waals surface area contributed by atoms with E-state index in [2.05, 4.69) is 5.32 Å². The van der Waals surface area contributed by atoms with E-state index in [9.17, 15) is 4.79 Å². The van der Waals surface area contributed by atoms with E-state index in [0.29, 0.717) is 6.61 Å². The fraction of sp³-hybridized carbons (Fsp3) is 0.909. The fourth-order valence-electron chi connectivity index (χ4n) is 1.65. The van der Waals surface area contributed by atoms with Crippen LogP contribution in [0.4, 0.5) is 0 Å². The van der Waals surface area contributed by atoms with E-state index in [1.807, 2.05) is 13.8 Å². The van der Waals surface area contributed by atoms with Crippen LogP contribution in [-0.4, -0.2) is 36.4 Å². The lowest BCUT2D eigenvalue weighted by atomic mass is 10.0. The van der Waals surface area contributed by atoms with Crippen molar-refractivity contribution in [1.29, 1.82) is 0 Å². The number of ether oxygens (including phenoxy) is 1. The van der Waals surface area contributed by atoms with Crippen LogP contribution in [0.15, 0.2) is 0 Å². The highest BCUT2D eigenvalue weighted by atomic mass is 16.5. The van der Waals surface area contributed by atoms with E-state index in [0.717, 1.165) is 19.3 Å². The molecule has 0 bridgehead atoms. The first-order valence-corrected chi connectivity index (χ1v) is 5.68. The third-order valence-electron chi connectivity index (χ3n) is 2.80. The molecule has 0 aromatic rings. The summed E-state index contributed by atoms with van der Waals surface area (Å²) in [4.78, 5) is 11.7. The molecule has 0 radical (unpaired) electrons. The number of aliphatic hydroxyl groups is 1. The van der Waals surface area contributed by atoms with E-state index in [4.69, 9.17) is 9.84 Å². The monoisotopic (exact) mass is 215 g/mol. The van der Waals surface area contributed by atoms with Crippen LogP contribution in [0.2, 0.25) is 0 Å². The maximum Gasteiger partial charge on any atom is 0.249 e. The summed E-state index contributed by atoms with van der Waals surface area (Å²) in [7, 11) is 0. The number of amides is 1. The average Bonchev–Trinajstić information content (AvgIpc) is 2.26. The minimum Gasteiger partial charge on any atom is -0.394 e. The van der Waals surface area contributed by atoms with Crippen LogP contribution in [-0.2, 0) is 9.53 Å². The van der Waals surface area contributed by atoms with Gasteiger partial charge in [-0.2, -0.15) is 0 Å². The van der Waals surface area contributed by atoms with E-state index in [-0.39, 0.29) is 30.6 Å². The van der Waals surface area contributed by atoms with Crippen LogP contribution < -0.4 is 5.32 Å². The third kappa shape index (κ3) is 3.80. The van der Waals surface area contributed by atoms with Crippen molar-refractivity contribution in [2.24, 2.45) is 5.92 Å². The van der Waals surface area contributed by atoms with Gasteiger partial charge in [0.1, 0.15) is 6.10 Å². The number of aliphatic hydroxyl groups excluding tert-OH is 1. The van der Waals surface area contributed by atoms with Crippen LogP contribution in [0.5, 0.6) is 0 Å². The molecule has 0 aromatic heterocycles. The van der Waals surface area contributed by atoms with Crippen LogP contribution >= 0.6 is 0 Å². The smallest absolute Gasteiger partial charge is 0.249 e. The fourth-order valence-corrected chi connectivity index (χ4v) is 1.65. The summed E-state index contributed by atoms with van der Waals surface area (Å²) in [6, 6.07) is -0.164. The number of hydrogen-bond acceptors (Lipinski definition) is 3. The lowest BCUT2D eigenvalue weighted by Gasteiger charge is -2.26. The van der Waals surface area contributed by atoms with Crippen molar-refractivity contribution in [2.75, 3.05) is 13.2 Å². The predicted molar refractivity (Wildman–Crippen MR) is 57.4 cm³/mol. The molecule has 1 unspecified atom stereocenters. The SMILES string of the molecule is CC(C)[C@@H](CO)NC(=O)C1CCCCO1. The van der Waals surface area contributed by atoms with Gasteiger partial charge < -0.3 is 15.2 Å². The van der Waals surface area contributed by atoms with Crippen LogP contribution in [0.1, 0.15) is 33.1 Å². The molecule has 1 rings (SSSR count). The summed E-state index contributed by atoms with van der Waals surface area (Å²) < 4.78 is 5.37. The second-order valence-electron chi connectivity index (χ2n) is 4.40. The summed E-state index contributed by atoms with van der Waals surface area (Å²) in [5.41, 5.74) is 0. The Bertz CT molecular complexity index is 200. The van der Waals surface area contributed by atoms with Gasteiger partial charge in [-0.25, -0.2) is 0 Å². The van der Waals surface area contributed by atoms with Crippen LogP contribution in [0.25, 0.3) is 0 Å². The summed E-state index contributed by atoms with van der Waals surface area (Å²) in [6.07, 6.45) is 2.56. The lowest BCUT2D eigenvalue weighted by molar-refractivity contribution is -0.136. The Morgan fingerprint density at radius 3 is 2.73 bits per heavy atom. The summed E-state index contributed by atoms with van der Waals surface area (Å²) in [5, 5.41) is 11.9. The first kappa shape index (κ1) is 12.5. The minimum atomic E-state index is -0.313. The zero-order valence-corrected chi connectivity index (χ0v) is 9.53. The van der Waals surface area contributed by atoms with Gasteiger partial charge in [0.25, 0.3) is 0 Å². The molecule has 1 fully saturated rings. The molecule has 1 aliphatic heterocycles. The molecule has 0 spiro atoms. The minimum absolute atomic E-state index is 0.0177. The summed E-state index contributed by atoms with van der Waals surface area (Å²) in [6.45, 7) is 4.60. The molecule has 4 nitrogen and oxygen atoms in total. The van der Waals surface area contributed by atoms with Crippen molar-refractivity contribution in [1.82, 2.24) is 5.32 Å². The highest BCUT2D eigenvalue weighted by molar-refractivity contribution is 5.81. The van der Waals surface area contributed by atoms with Crippen molar-refractivity contribution in [3.63, 3.8) is 0 Å². The molecule has 4 heteroatoms. The maximum absolute atomic E-state index is 11.7. The second-order valence-corrected chi connectivity index (χ2v) is 4.40. The Labute approximate surface area is 91.0 Å². The molecule has 15 heavy (non-hydrogen) atoms. The van der Waals surface area contributed by atoms with Gasteiger partial charge in [0.05, 0.1) is 12.6 Å². The molecule has 88 valence electrons. The molecule has 1 amide bonds. The highest BCUT2D eigenvalue weighted by Crippen LogP contribution is 2.13. The first-order valence-electron chi connectivity index (χ1n) is 5.68. The highest BCUT2D eigenvalue weighted by Gasteiger charge is 2.24. The van der Waals surface area contributed by atoms with Gasteiger partial charge in [0, 0.05) is 6.61 Å². The predicted octanol–water partition coefficient (Wildman–Crippen LogP) is 0.689. The largest absolute Gasteiger partial charge is 0.394 e. The quantitative estimate of drug-likeness (QED) is 0.725. The Morgan fingerprint density at radius 1 is 1.53 bits per heavy atom. The molecule has 1 aliphatic rings. The van der Waals surface area contributed by atoms with Gasteiger partial charge >= 0.3 is 0 Å². The number of carbonyl (C=O) groups excluding carboxylic acids is 1. The van der Waals surface area contributed by atoms with Gasteiger partial charge in [-0.1, -0.05) is 13.8 Å². The van der Waals surface area contributed by atoms with Crippen molar-refractivity contribution < 1.29 is 14.6 Å². The van der Waals surface area contributed by atoms with Crippen LogP contribution in [0, 0.1) is 5.92 Å². The van der Waals surface area contributed by atoms with Gasteiger partial charge in [-0.3, -0.25) is 4.79 Å². The Hall–Kier alpha value is -0.610. The van der Waals surface area contributed by atoms with Crippen molar-refractivity contribution in [3.8, 4) is 0 Å². The second kappa shape index (κ2) is 6.08. The third-order valence-corrected chi connectivity index (χ3v) is 2.80. The van der Waals surface area contributed by atoms with E-state index < -0.39 is 0 Å². The Balaban J connectivity index is 2.38.